The predicted octanol–water partition coefficient (Wildman–Crippen LogP) is 3.61. The number of aryl methyl sites for hydroxylation is 1. The maximum Gasteiger partial charge on any atom is 0.338 e. The number of rotatable bonds is 7. The number of anilines is 1. The van der Waals surface area contributed by atoms with E-state index in [0.717, 1.165) is 5.56 Å². The van der Waals surface area contributed by atoms with E-state index in [0.29, 0.717) is 23.0 Å². The molecule has 0 aliphatic rings. The van der Waals surface area contributed by atoms with Gasteiger partial charge in [0.25, 0.3) is 0 Å². The van der Waals surface area contributed by atoms with Crippen molar-refractivity contribution in [3.63, 3.8) is 0 Å². The highest BCUT2D eigenvalue weighted by Crippen LogP contribution is 2.20. The molecule has 2 aromatic carbocycles. The molecular formula is C21H21NO6S. The summed E-state index contributed by atoms with van der Waals surface area (Å²) in [5.41, 5.74) is 1.86. The van der Waals surface area contributed by atoms with E-state index >= 15 is 0 Å². The number of fused-ring (bicyclic) bond motifs is 1. The fraction of sp³-hybridized carbons (Fsp3) is 0.238. The van der Waals surface area contributed by atoms with E-state index in [2.05, 4.69) is 4.72 Å². The number of benzene rings is 2. The standard InChI is InChI=1S/C21H21NO6S/c1-3-9-29(25,26)22-17-6-4-5-15(11-17)21(24)27-13-16-12-20(23)28-19-10-14(2)7-8-18(16)19/h4-8,10-12,22H,3,9,13H2,1-2H3. The number of hydrogen-bond acceptors (Lipinski definition) is 6. The molecule has 3 aromatic rings. The molecule has 0 aliphatic carbocycles. The second kappa shape index (κ2) is 8.48. The van der Waals surface area contributed by atoms with Crippen molar-refractivity contribution in [3.8, 4) is 0 Å². The highest BCUT2D eigenvalue weighted by atomic mass is 32.2. The van der Waals surface area contributed by atoms with Crippen molar-refractivity contribution in [3.05, 3.63) is 75.6 Å². The lowest BCUT2D eigenvalue weighted by Crippen LogP contribution is -2.16. The van der Waals surface area contributed by atoms with Crippen LogP contribution in [-0.4, -0.2) is 20.1 Å². The molecule has 152 valence electrons. The summed E-state index contributed by atoms with van der Waals surface area (Å²) < 4.78 is 36.8. The van der Waals surface area contributed by atoms with Crippen molar-refractivity contribution in [2.45, 2.75) is 26.9 Å². The lowest BCUT2D eigenvalue weighted by Gasteiger charge is -2.10. The summed E-state index contributed by atoms with van der Waals surface area (Å²) in [7, 11) is -3.46. The van der Waals surface area contributed by atoms with Crippen LogP contribution in [0.2, 0.25) is 0 Å². The molecule has 3 rings (SSSR count). The third-order valence-electron chi connectivity index (χ3n) is 4.19. The monoisotopic (exact) mass is 415 g/mol. The zero-order valence-electron chi connectivity index (χ0n) is 16.1. The molecule has 8 heteroatoms. The normalized spacial score (nSPS) is 11.4. The van der Waals surface area contributed by atoms with Gasteiger partial charge >= 0.3 is 11.6 Å². The van der Waals surface area contributed by atoms with Gasteiger partial charge in [0.2, 0.25) is 10.0 Å². The van der Waals surface area contributed by atoms with E-state index in [1.807, 2.05) is 13.0 Å². The summed E-state index contributed by atoms with van der Waals surface area (Å²) in [6, 6.07) is 12.8. The first-order valence-electron chi connectivity index (χ1n) is 9.08. The Kier molecular flexibility index (Phi) is 6.03. The highest BCUT2D eigenvalue weighted by molar-refractivity contribution is 7.92. The van der Waals surface area contributed by atoms with E-state index in [1.54, 1.807) is 31.2 Å². The average molecular weight is 415 g/mol. The number of carbonyl (C=O) groups excluding carboxylic acids is 1. The Morgan fingerprint density at radius 2 is 1.93 bits per heavy atom. The van der Waals surface area contributed by atoms with Crippen molar-refractivity contribution in [1.82, 2.24) is 0 Å². The molecule has 0 spiro atoms. The Balaban J connectivity index is 1.77. The molecule has 0 radical (unpaired) electrons. The minimum absolute atomic E-state index is 0.00912. The predicted molar refractivity (Wildman–Crippen MR) is 110 cm³/mol. The Hall–Kier alpha value is -3.13. The first-order chi connectivity index (χ1) is 13.8. The lowest BCUT2D eigenvalue weighted by atomic mass is 10.1. The van der Waals surface area contributed by atoms with E-state index in [9.17, 15) is 18.0 Å². The zero-order valence-corrected chi connectivity index (χ0v) is 16.9. The quantitative estimate of drug-likeness (QED) is 0.467. The molecule has 0 unspecified atom stereocenters. The van der Waals surface area contributed by atoms with E-state index in [4.69, 9.17) is 9.15 Å². The van der Waals surface area contributed by atoms with Gasteiger partial charge in [-0.15, -0.1) is 0 Å². The van der Waals surface area contributed by atoms with E-state index in [1.165, 1.54) is 18.2 Å². The fourth-order valence-corrected chi connectivity index (χ4v) is 4.02. The summed E-state index contributed by atoms with van der Waals surface area (Å²) in [5, 5.41) is 0.684. The van der Waals surface area contributed by atoms with Crippen LogP contribution < -0.4 is 10.3 Å². The molecule has 0 fully saturated rings. The first-order valence-corrected chi connectivity index (χ1v) is 10.7. The molecule has 1 aromatic heterocycles. The molecule has 0 saturated heterocycles. The van der Waals surface area contributed by atoms with E-state index < -0.39 is 21.6 Å². The number of esters is 1. The maximum atomic E-state index is 12.4. The van der Waals surface area contributed by atoms with Crippen molar-refractivity contribution < 1.29 is 22.4 Å². The van der Waals surface area contributed by atoms with Crippen LogP contribution in [0.1, 0.15) is 34.8 Å². The molecule has 0 bridgehead atoms. The van der Waals surface area contributed by atoms with Crippen LogP contribution in [0.3, 0.4) is 0 Å². The lowest BCUT2D eigenvalue weighted by molar-refractivity contribution is 0.0474. The van der Waals surface area contributed by atoms with Gasteiger partial charge in [-0.2, -0.15) is 0 Å². The summed E-state index contributed by atoms with van der Waals surface area (Å²) >= 11 is 0. The zero-order chi connectivity index (χ0) is 21.0. The molecule has 1 N–H and O–H groups in total. The van der Waals surface area contributed by atoms with Gasteiger partial charge in [0.1, 0.15) is 12.2 Å². The number of carbonyl (C=O) groups is 1. The van der Waals surface area contributed by atoms with Gasteiger partial charge in [0.15, 0.2) is 0 Å². The molecule has 7 nitrogen and oxygen atoms in total. The topological polar surface area (TPSA) is 103 Å². The molecule has 29 heavy (non-hydrogen) atoms. The van der Waals surface area contributed by atoms with Crippen molar-refractivity contribution in [2.75, 3.05) is 10.5 Å². The molecule has 0 amide bonds. The van der Waals surface area contributed by atoms with Crippen LogP contribution in [-0.2, 0) is 21.4 Å². The summed E-state index contributed by atoms with van der Waals surface area (Å²) in [4.78, 5) is 24.2. The van der Waals surface area contributed by atoms with Crippen molar-refractivity contribution in [1.29, 1.82) is 0 Å². The largest absolute Gasteiger partial charge is 0.457 e. The Labute approximate surface area is 168 Å². The van der Waals surface area contributed by atoms with Crippen LogP contribution in [0, 0.1) is 6.92 Å². The Bertz CT molecular complexity index is 1210. The minimum atomic E-state index is -3.46. The third kappa shape index (κ3) is 5.23. The average Bonchev–Trinajstić information content (AvgIpc) is 2.65. The van der Waals surface area contributed by atoms with Gasteiger partial charge in [-0.1, -0.05) is 25.1 Å². The van der Waals surface area contributed by atoms with Crippen LogP contribution in [0.25, 0.3) is 11.0 Å². The molecule has 0 atom stereocenters. The number of nitrogens with one attached hydrogen (secondary N) is 1. The number of hydrogen-bond donors (Lipinski definition) is 1. The first kappa shape index (κ1) is 20.6. The number of sulfonamides is 1. The van der Waals surface area contributed by atoms with E-state index in [-0.39, 0.29) is 23.6 Å². The fourth-order valence-electron chi connectivity index (χ4n) is 2.89. The summed E-state index contributed by atoms with van der Waals surface area (Å²) in [6.45, 7) is 3.53. The van der Waals surface area contributed by atoms with Crippen LogP contribution in [0.15, 0.2) is 57.7 Å². The smallest absolute Gasteiger partial charge is 0.338 e. The Morgan fingerprint density at radius 1 is 1.14 bits per heavy atom. The second-order valence-electron chi connectivity index (χ2n) is 6.67. The van der Waals surface area contributed by atoms with Crippen molar-refractivity contribution in [2.24, 2.45) is 0 Å². The minimum Gasteiger partial charge on any atom is -0.457 e. The SMILES string of the molecule is CCCS(=O)(=O)Nc1cccc(C(=O)OCc2cc(=O)oc3cc(C)ccc23)c1. The van der Waals surface area contributed by atoms with Gasteiger partial charge in [0, 0.05) is 22.7 Å². The summed E-state index contributed by atoms with van der Waals surface area (Å²) in [6.07, 6.45) is 0.482. The van der Waals surface area contributed by atoms with Gasteiger partial charge in [-0.05, 0) is 43.2 Å². The number of ether oxygens (including phenoxy) is 1. The third-order valence-corrected chi connectivity index (χ3v) is 5.68. The van der Waals surface area contributed by atoms with Crippen molar-refractivity contribution >= 4 is 32.6 Å². The van der Waals surface area contributed by atoms with Crippen LogP contribution in [0.4, 0.5) is 5.69 Å². The van der Waals surface area contributed by atoms with Gasteiger partial charge in [-0.3, -0.25) is 4.72 Å². The summed E-state index contributed by atoms with van der Waals surface area (Å²) in [5.74, 6) is -0.639. The molecule has 0 aliphatic heterocycles. The van der Waals surface area contributed by atoms with Crippen LogP contribution in [0.5, 0.6) is 0 Å². The molecule has 0 saturated carbocycles. The highest BCUT2D eigenvalue weighted by Gasteiger charge is 2.13. The van der Waals surface area contributed by atoms with Gasteiger partial charge < -0.3 is 9.15 Å². The molecule has 1 heterocycles. The Morgan fingerprint density at radius 3 is 2.69 bits per heavy atom. The maximum absolute atomic E-state index is 12.4. The molecular weight excluding hydrogens is 394 g/mol. The van der Waals surface area contributed by atoms with Crippen LogP contribution >= 0.6 is 0 Å². The van der Waals surface area contributed by atoms with Gasteiger partial charge in [-0.25, -0.2) is 18.0 Å². The van der Waals surface area contributed by atoms with Gasteiger partial charge in [0.05, 0.1) is 11.3 Å². The second-order valence-corrected chi connectivity index (χ2v) is 8.51.